The van der Waals surface area contributed by atoms with Crippen LogP contribution in [0.25, 0.3) is 10.2 Å². The maximum absolute atomic E-state index is 12.2. The third kappa shape index (κ3) is 2.30. The van der Waals surface area contributed by atoms with Gasteiger partial charge in [0.1, 0.15) is 10.4 Å². The molecule has 3 N–H and O–H groups in total. The summed E-state index contributed by atoms with van der Waals surface area (Å²) in [4.78, 5) is 16.8. The zero-order valence-electron chi connectivity index (χ0n) is 10.4. The van der Waals surface area contributed by atoms with E-state index in [2.05, 4.69) is 20.5 Å². The molecule has 20 heavy (non-hydrogen) atoms. The van der Waals surface area contributed by atoms with Crippen LogP contribution in [-0.4, -0.2) is 21.1 Å². The molecule has 0 spiro atoms. The highest BCUT2D eigenvalue weighted by Crippen LogP contribution is 2.31. The van der Waals surface area contributed by atoms with E-state index >= 15 is 0 Å². The number of carbonyl (C=O) groups is 1. The van der Waals surface area contributed by atoms with Crippen molar-refractivity contribution in [3.63, 3.8) is 0 Å². The van der Waals surface area contributed by atoms with E-state index < -0.39 is 0 Å². The largest absolute Gasteiger partial charge is 0.396 e. The lowest BCUT2D eigenvalue weighted by Crippen LogP contribution is -2.23. The first kappa shape index (κ1) is 12.5. The molecule has 3 rings (SSSR count). The van der Waals surface area contributed by atoms with Gasteiger partial charge in [0.15, 0.2) is 0 Å². The number of nitrogens with two attached hydrogens (primary N) is 1. The summed E-state index contributed by atoms with van der Waals surface area (Å²) in [5.41, 5.74) is 7.75. The lowest BCUT2D eigenvalue weighted by molar-refractivity contribution is 0.0955. The number of aromatic nitrogens is 3. The van der Waals surface area contributed by atoms with Crippen LogP contribution in [0.4, 0.5) is 5.69 Å². The van der Waals surface area contributed by atoms with Gasteiger partial charge in [-0.1, -0.05) is 0 Å². The van der Waals surface area contributed by atoms with Gasteiger partial charge in [0.25, 0.3) is 5.91 Å². The normalized spacial score (nSPS) is 10.6. The quantitative estimate of drug-likeness (QED) is 0.762. The molecule has 0 saturated heterocycles. The number of hydrogen-bond donors (Lipinski definition) is 2. The Kier molecular flexibility index (Phi) is 3.26. The lowest BCUT2D eigenvalue weighted by atomic mass is 10.3. The van der Waals surface area contributed by atoms with Crippen molar-refractivity contribution in [2.75, 3.05) is 5.73 Å². The van der Waals surface area contributed by atoms with E-state index in [-0.39, 0.29) is 5.91 Å². The first-order valence-electron chi connectivity index (χ1n) is 5.93. The average Bonchev–Trinajstić information content (AvgIpc) is 2.84. The molecule has 0 unspecified atom stereocenters. The van der Waals surface area contributed by atoms with Gasteiger partial charge in [-0.15, -0.1) is 11.3 Å². The highest BCUT2D eigenvalue weighted by molar-refractivity contribution is 7.21. The first-order chi connectivity index (χ1) is 9.75. The number of pyridine rings is 1. The summed E-state index contributed by atoms with van der Waals surface area (Å²) in [5, 5.41) is 10.4. The average molecular weight is 285 g/mol. The summed E-state index contributed by atoms with van der Waals surface area (Å²) < 4.78 is 0.898. The van der Waals surface area contributed by atoms with Crippen molar-refractivity contribution in [2.45, 2.75) is 6.54 Å². The Morgan fingerprint density at radius 1 is 1.30 bits per heavy atom. The number of rotatable bonds is 3. The van der Waals surface area contributed by atoms with Crippen LogP contribution in [0.3, 0.4) is 0 Å². The fraction of sp³-hybridized carbons (Fsp3) is 0.0769. The Balaban J connectivity index is 1.81. The third-order valence-electron chi connectivity index (χ3n) is 2.75. The molecule has 100 valence electrons. The summed E-state index contributed by atoms with van der Waals surface area (Å²) in [7, 11) is 0. The van der Waals surface area contributed by atoms with Crippen molar-refractivity contribution in [3.8, 4) is 0 Å². The van der Waals surface area contributed by atoms with Crippen LogP contribution in [-0.2, 0) is 6.54 Å². The number of carbonyl (C=O) groups excluding carboxylic acids is 1. The van der Waals surface area contributed by atoms with E-state index in [1.54, 1.807) is 24.5 Å². The van der Waals surface area contributed by atoms with Gasteiger partial charge in [-0.2, -0.15) is 10.2 Å². The summed E-state index contributed by atoms with van der Waals surface area (Å²) >= 11 is 1.33. The number of nitrogen functional groups attached to an aromatic ring is 1. The van der Waals surface area contributed by atoms with Crippen molar-refractivity contribution in [3.05, 3.63) is 47.2 Å². The van der Waals surface area contributed by atoms with Gasteiger partial charge in [0, 0.05) is 12.4 Å². The minimum atomic E-state index is -0.226. The lowest BCUT2D eigenvalue weighted by Gasteiger charge is -2.02. The smallest absolute Gasteiger partial charge is 0.263 e. The summed E-state index contributed by atoms with van der Waals surface area (Å²) in [6.45, 7) is 0.313. The van der Waals surface area contributed by atoms with Gasteiger partial charge in [0.2, 0.25) is 0 Å². The van der Waals surface area contributed by atoms with E-state index in [1.165, 1.54) is 11.3 Å². The van der Waals surface area contributed by atoms with Crippen molar-refractivity contribution in [1.82, 2.24) is 20.5 Å². The number of nitrogens with zero attached hydrogens (tertiary/aromatic N) is 3. The van der Waals surface area contributed by atoms with Gasteiger partial charge < -0.3 is 11.1 Å². The molecule has 0 aromatic carbocycles. The fourth-order valence-corrected chi connectivity index (χ4v) is 2.79. The van der Waals surface area contributed by atoms with Crippen LogP contribution in [0, 0.1) is 0 Å². The van der Waals surface area contributed by atoms with Crippen molar-refractivity contribution < 1.29 is 4.79 Å². The van der Waals surface area contributed by atoms with Crippen LogP contribution in [0.15, 0.2) is 36.7 Å². The summed E-state index contributed by atoms with van der Waals surface area (Å²) in [6, 6.07) is 7.28. The predicted octanol–water partition coefficient (Wildman–Crippen LogP) is 1.60. The minimum Gasteiger partial charge on any atom is -0.396 e. The van der Waals surface area contributed by atoms with Gasteiger partial charge in [-0.25, -0.2) is 0 Å². The number of thiophene rings is 1. The second-order valence-electron chi connectivity index (χ2n) is 4.09. The van der Waals surface area contributed by atoms with Crippen molar-refractivity contribution in [2.24, 2.45) is 0 Å². The Bertz CT molecular complexity index is 756. The van der Waals surface area contributed by atoms with Crippen LogP contribution >= 0.6 is 11.3 Å². The first-order valence-corrected chi connectivity index (χ1v) is 6.75. The van der Waals surface area contributed by atoms with Crippen LogP contribution in [0.2, 0.25) is 0 Å². The second kappa shape index (κ2) is 5.22. The van der Waals surface area contributed by atoms with Crippen molar-refractivity contribution >= 4 is 33.1 Å². The highest BCUT2D eigenvalue weighted by Gasteiger charge is 2.16. The molecule has 0 aliphatic heterocycles. The third-order valence-corrected chi connectivity index (χ3v) is 3.91. The topological polar surface area (TPSA) is 93.8 Å². The van der Waals surface area contributed by atoms with E-state index in [4.69, 9.17) is 5.73 Å². The molecule has 7 heteroatoms. The molecule has 0 radical (unpaired) electrons. The number of nitrogens with one attached hydrogen (secondary N) is 1. The fourth-order valence-electron chi connectivity index (χ4n) is 1.80. The molecule has 0 fully saturated rings. The number of hydrogen-bond acceptors (Lipinski definition) is 6. The van der Waals surface area contributed by atoms with Gasteiger partial charge in [-0.05, 0) is 24.3 Å². The van der Waals surface area contributed by atoms with E-state index in [9.17, 15) is 4.79 Å². The molecule has 0 aliphatic carbocycles. The Labute approximate surface area is 118 Å². The molecular weight excluding hydrogens is 274 g/mol. The molecule has 0 aliphatic rings. The Hall–Kier alpha value is -2.54. The molecule has 0 saturated carbocycles. The summed E-state index contributed by atoms with van der Waals surface area (Å²) in [6.07, 6.45) is 3.24. The van der Waals surface area contributed by atoms with E-state index in [0.717, 1.165) is 4.70 Å². The Morgan fingerprint density at radius 3 is 2.90 bits per heavy atom. The van der Waals surface area contributed by atoms with Crippen LogP contribution in [0.5, 0.6) is 0 Å². The second-order valence-corrected chi connectivity index (χ2v) is 5.14. The molecule has 1 amide bonds. The molecule has 3 aromatic rings. The van der Waals surface area contributed by atoms with Gasteiger partial charge in [0.05, 0.1) is 22.6 Å². The van der Waals surface area contributed by atoms with E-state index in [1.807, 2.05) is 12.1 Å². The zero-order chi connectivity index (χ0) is 13.9. The van der Waals surface area contributed by atoms with Crippen LogP contribution in [0.1, 0.15) is 15.4 Å². The SMILES string of the molecule is Nc1c(C(=O)NCc2cccnn2)sc2cccnc12. The summed E-state index contributed by atoms with van der Waals surface area (Å²) in [5.74, 6) is -0.226. The van der Waals surface area contributed by atoms with Gasteiger partial charge >= 0.3 is 0 Å². The maximum atomic E-state index is 12.2. The minimum absolute atomic E-state index is 0.226. The highest BCUT2D eigenvalue weighted by atomic mass is 32.1. The predicted molar refractivity (Wildman–Crippen MR) is 77.2 cm³/mol. The number of amides is 1. The molecule has 3 heterocycles. The molecule has 3 aromatic heterocycles. The van der Waals surface area contributed by atoms with Crippen LogP contribution < -0.4 is 11.1 Å². The number of anilines is 1. The maximum Gasteiger partial charge on any atom is 0.263 e. The molecular formula is C13H11N5OS. The standard InChI is InChI=1S/C13H11N5OS/c14-10-11-9(4-2-5-15-11)20-12(10)13(19)16-7-8-3-1-6-17-18-8/h1-6H,7,14H2,(H,16,19). The monoisotopic (exact) mass is 285 g/mol. The van der Waals surface area contributed by atoms with Gasteiger partial charge in [-0.3, -0.25) is 9.78 Å². The van der Waals surface area contributed by atoms with Crippen molar-refractivity contribution in [1.29, 1.82) is 0 Å². The molecule has 0 atom stereocenters. The van der Waals surface area contributed by atoms with E-state index in [0.29, 0.717) is 28.3 Å². The zero-order valence-corrected chi connectivity index (χ0v) is 11.2. The molecule has 0 bridgehead atoms. The number of fused-ring (bicyclic) bond motifs is 1. The Morgan fingerprint density at radius 2 is 2.15 bits per heavy atom. The molecule has 6 nitrogen and oxygen atoms in total.